The summed E-state index contributed by atoms with van der Waals surface area (Å²) in [5.41, 5.74) is 6.62. The Kier molecular flexibility index (Phi) is 4.77. The zero-order chi connectivity index (χ0) is 9.78. The molecule has 0 aliphatic rings. The van der Waals surface area contributed by atoms with Crippen molar-refractivity contribution in [2.45, 2.75) is 32.9 Å². The molecule has 0 saturated carbocycles. The average molecular weight is 188 g/mol. The smallest absolute Gasteiger partial charge is 0.101 e. The molecule has 72 valence electrons. The molecular formula is C9H21N2P. The minimum absolute atomic E-state index is 0.350. The van der Waals surface area contributed by atoms with Gasteiger partial charge in [-0.3, -0.25) is 4.99 Å². The first-order valence-corrected chi connectivity index (χ1v) is 5.88. The van der Waals surface area contributed by atoms with E-state index in [1.165, 1.54) is 0 Å². The Morgan fingerprint density at radius 2 is 2.00 bits per heavy atom. The van der Waals surface area contributed by atoms with Crippen molar-refractivity contribution in [3.63, 3.8) is 0 Å². The molecule has 0 rings (SSSR count). The lowest BCUT2D eigenvalue weighted by atomic mass is 9.90. The van der Waals surface area contributed by atoms with Gasteiger partial charge in [-0.1, -0.05) is 20.8 Å². The lowest BCUT2D eigenvalue weighted by Crippen LogP contribution is -2.29. The molecule has 3 heteroatoms. The Morgan fingerprint density at radius 3 is 2.25 bits per heavy atom. The number of hydrogen-bond donors (Lipinski definition) is 1. The Labute approximate surface area is 77.8 Å². The van der Waals surface area contributed by atoms with Crippen LogP contribution in [0.2, 0.25) is 0 Å². The number of rotatable bonds is 3. The maximum atomic E-state index is 5.79. The van der Waals surface area contributed by atoms with E-state index in [9.17, 15) is 0 Å². The highest BCUT2D eigenvalue weighted by Gasteiger charge is 2.19. The highest BCUT2D eigenvalue weighted by Crippen LogP contribution is 2.29. The fourth-order valence-electron chi connectivity index (χ4n) is 1.12. The Hall–Kier alpha value is -0.100. The third-order valence-corrected chi connectivity index (χ3v) is 2.98. The summed E-state index contributed by atoms with van der Waals surface area (Å²) in [4.78, 5) is 4.05. The molecule has 2 nitrogen and oxygen atoms in total. The summed E-state index contributed by atoms with van der Waals surface area (Å²) in [6, 6.07) is 0. The summed E-state index contributed by atoms with van der Waals surface area (Å²) in [5, 5.41) is 0. The molecule has 0 fully saturated rings. The van der Waals surface area contributed by atoms with Crippen LogP contribution in [0.25, 0.3) is 0 Å². The van der Waals surface area contributed by atoms with Gasteiger partial charge in [-0.2, -0.15) is 0 Å². The van der Waals surface area contributed by atoms with Gasteiger partial charge in [0.2, 0.25) is 0 Å². The molecule has 0 radical (unpaired) electrons. The van der Waals surface area contributed by atoms with Crippen LogP contribution in [-0.2, 0) is 0 Å². The fraction of sp³-hybridized carbons (Fsp3) is 0.889. The monoisotopic (exact) mass is 188 g/mol. The topological polar surface area (TPSA) is 38.4 Å². The Morgan fingerprint density at radius 1 is 1.50 bits per heavy atom. The number of aliphatic imine (C=N–C) groups is 1. The summed E-state index contributed by atoms with van der Waals surface area (Å²) < 4.78 is 0. The molecule has 0 aromatic carbocycles. The molecule has 0 aromatic rings. The second-order valence-corrected chi connectivity index (χ2v) is 5.53. The molecule has 0 aliphatic heterocycles. The summed E-state index contributed by atoms with van der Waals surface area (Å²) in [6.07, 6.45) is 1.13. The van der Waals surface area contributed by atoms with Crippen LogP contribution in [0.15, 0.2) is 4.99 Å². The van der Waals surface area contributed by atoms with Gasteiger partial charge in [-0.05, 0) is 18.5 Å². The van der Waals surface area contributed by atoms with Crippen molar-refractivity contribution < 1.29 is 0 Å². The third-order valence-electron chi connectivity index (χ3n) is 1.78. The van der Waals surface area contributed by atoms with Crippen LogP contribution >= 0.6 is 8.58 Å². The van der Waals surface area contributed by atoms with Gasteiger partial charge in [0.05, 0.1) is 0 Å². The molecule has 0 aromatic heterocycles. The fourth-order valence-corrected chi connectivity index (χ4v) is 2.36. The van der Waals surface area contributed by atoms with Crippen molar-refractivity contribution in [3.05, 3.63) is 0 Å². The molecule has 2 atom stereocenters. The maximum absolute atomic E-state index is 5.79. The summed E-state index contributed by atoms with van der Waals surface area (Å²) in [5.74, 6) is 0.811. The quantitative estimate of drug-likeness (QED) is 0.411. The summed E-state index contributed by atoms with van der Waals surface area (Å²) in [7, 11) is 2.62. The molecule has 0 bridgehead atoms. The van der Waals surface area contributed by atoms with Gasteiger partial charge in [0, 0.05) is 12.7 Å². The van der Waals surface area contributed by atoms with Crippen LogP contribution < -0.4 is 5.73 Å². The van der Waals surface area contributed by atoms with Crippen LogP contribution in [0.4, 0.5) is 0 Å². The van der Waals surface area contributed by atoms with Gasteiger partial charge < -0.3 is 5.73 Å². The van der Waals surface area contributed by atoms with E-state index < -0.39 is 0 Å². The van der Waals surface area contributed by atoms with E-state index in [0.29, 0.717) is 11.1 Å². The third kappa shape index (κ3) is 4.71. The van der Waals surface area contributed by atoms with Gasteiger partial charge >= 0.3 is 0 Å². The van der Waals surface area contributed by atoms with Gasteiger partial charge in [0.1, 0.15) is 5.84 Å². The van der Waals surface area contributed by atoms with E-state index in [-0.39, 0.29) is 0 Å². The minimum Gasteiger partial charge on any atom is -0.387 e. The van der Waals surface area contributed by atoms with Crippen molar-refractivity contribution in [2.75, 3.05) is 13.7 Å². The van der Waals surface area contributed by atoms with Crippen molar-refractivity contribution in [3.8, 4) is 0 Å². The Bertz CT molecular complexity index is 158. The van der Waals surface area contributed by atoms with E-state index in [4.69, 9.17) is 5.73 Å². The zero-order valence-electron chi connectivity index (χ0n) is 8.81. The van der Waals surface area contributed by atoms with E-state index in [1.54, 1.807) is 7.05 Å². The van der Waals surface area contributed by atoms with Crippen LogP contribution in [0, 0.1) is 5.41 Å². The zero-order valence-corrected chi connectivity index (χ0v) is 9.81. The first-order valence-electron chi connectivity index (χ1n) is 4.30. The number of hydrogen-bond acceptors (Lipinski definition) is 1. The van der Waals surface area contributed by atoms with E-state index in [1.807, 2.05) is 0 Å². The van der Waals surface area contributed by atoms with Gasteiger partial charge in [-0.15, -0.1) is 8.58 Å². The minimum atomic E-state index is 0.350. The van der Waals surface area contributed by atoms with Crippen LogP contribution in [-0.4, -0.2) is 25.2 Å². The highest BCUT2D eigenvalue weighted by atomic mass is 31.1. The van der Waals surface area contributed by atoms with Crippen LogP contribution in [0.3, 0.4) is 0 Å². The SMILES string of the molecule is CN=C(N)C(CC(C)(C)C)PC. The summed E-state index contributed by atoms with van der Waals surface area (Å²) >= 11 is 0. The van der Waals surface area contributed by atoms with E-state index >= 15 is 0 Å². The van der Waals surface area contributed by atoms with Gasteiger partial charge in [-0.25, -0.2) is 0 Å². The van der Waals surface area contributed by atoms with Crippen molar-refractivity contribution in [2.24, 2.45) is 16.1 Å². The first-order chi connectivity index (χ1) is 5.40. The molecule has 12 heavy (non-hydrogen) atoms. The summed E-state index contributed by atoms with van der Waals surface area (Å²) in [6.45, 7) is 8.91. The second-order valence-electron chi connectivity index (χ2n) is 4.25. The predicted octanol–water partition coefficient (Wildman–Crippen LogP) is 2.09. The second kappa shape index (κ2) is 4.81. The molecule has 0 amide bonds. The standard InChI is InChI=1S/C9H21N2P/c1-9(2,3)6-7(12-5)8(10)11-4/h7,12H,6H2,1-5H3,(H2,10,11). The molecule has 0 spiro atoms. The van der Waals surface area contributed by atoms with Gasteiger partial charge in [0.25, 0.3) is 0 Å². The number of nitrogens with two attached hydrogens (primary N) is 1. The largest absolute Gasteiger partial charge is 0.387 e. The normalized spacial score (nSPS) is 17.2. The molecule has 0 saturated heterocycles. The van der Waals surface area contributed by atoms with E-state index in [0.717, 1.165) is 20.8 Å². The molecular weight excluding hydrogens is 167 g/mol. The van der Waals surface area contributed by atoms with Crippen molar-refractivity contribution in [1.82, 2.24) is 0 Å². The lowest BCUT2D eigenvalue weighted by Gasteiger charge is -2.24. The number of nitrogens with zero attached hydrogens (tertiary/aromatic N) is 1. The molecule has 0 heterocycles. The Balaban J connectivity index is 4.19. The van der Waals surface area contributed by atoms with Gasteiger partial charge in [0.15, 0.2) is 0 Å². The van der Waals surface area contributed by atoms with Crippen LogP contribution in [0.1, 0.15) is 27.2 Å². The number of amidine groups is 1. The first kappa shape index (κ1) is 11.9. The lowest BCUT2D eigenvalue weighted by molar-refractivity contribution is 0.389. The molecule has 2 N–H and O–H groups in total. The van der Waals surface area contributed by atoms with Crippen LogP contribution in [0.5, 0.6) is 0 Å². The van der Waals surface area contributed by atoms with Crippen molar-refractivity contribution in [1.29, 1.82) is 0 Å². The predicted molar refractivity (Wildman–Crippen MR) is 59.6 cm³/mol. The molecule has 0 aliphatic carbocycles. The molecule has 2 unspecified atom stereocenters. The van der Waals surface area contributed by atoms with E-state index in [2.05, 4.69) is 32.4 Å². The average Bonchev–Trinajstić information content (AvgIpc) is 1.97. The van der Waals surface area contributed by atoms with Crippen molar-refractivity contribution >= 4 is 14.4 Å². The maximum Gasteiger partial charge on any atom is 0.101 e. The highest BCUT2D eigenvalue weighted by molar-refractivity contribution is 7.39.